The molecule has 5 atom stereocenters. The highest BCUT2D eigenvalue weighted by Gasteiger charge is 2.63. The number of fused-ring (bicyclic) bond motifs is 3. The van der Waals surface area contributed by atoms with Crippen molar-refractivity contribution in [1.82, 2.24) is 9.80 Å². The summed E-state index contributed by atoms with van der Waals surface area (Å²) >= 11 is 0. The number of alkyl halides is 6. The molecule has 1 saturated heterocycles. The van der Waals surface area contributed by atoms with Crippen molar-refractivity contribution in [3.63, 3.8) is 0 Å². The van der Waals surface area contributed by atoms with Crippen molar-refractivity contribution in [2.45, 2.75) is 62.3 Å². The van der Waals surface area contributed by atoms with E-state index in [4.69, 9.17) is 5.73 Å². The van der Waals surface area contributed by atoms with E-state index in [9.17, 15) is 61.2 Å². The number of halogens is 6. The number of amides is 1. The monoisotopic (exact) mass is 633 g/mol. The summed E-state index contributed by atoms with van der Waals surface area (Å²) in [6, 6.07) is -2.77. The Morgan fingerprint density at radius 3 is 2.32 bits per heavy atom. The highest BCUT2D eigenvalue weighted by Crippen LogP contribution is 2.54. The average Bonchev–Trinajstić information content (AvgIpc) is 3.33. The van der Waals surface area contributed by atoms with Crippen LogP contribution in [0.5, 0.6) is 5.75 Å². The zero-order valence-electron chi connectivity index (χ0n) is 23.4. The van der Waals surface area contributed by atoms with Crippen LogP contribution >= 0.6 is 0 Å². The van der Waals surface area contributed by atoms with E-state index in [0.29, 0.717) is 6.07 Å². The molecular formula is C28H29F6N3O7. The summed E-state index contributed by atoms with van der Waals surface area (Å²) in [5, 5.41) is 44.5. The summed E-state index contributed by atoms with van der Waals surface area (Å²) in [5.74, 6) is -10.1. The number of carbonyl (C=O) groups excluding carboxylic acids is 3. The maximum Gasteiger partial charge on any atom is 0.417 e. The third kappa shape index (κ3) is 4.56. The van der Waals surface area contributed by atoms with Gasteiger partial charge in [-0.25, -0.2) is 0 Å². The lowest BCUT2D eigenvalue weighted by atomic mass is 9.58. The minimum Gasteiger partial charge on any atom is -0.510 e. The molecule has 0 radical (unpaired) electrons. The van der Waals surface area contributed by atoms with Crippen LogP contribution in [-0.2, 0) is 28.7 Å². The number of benzene rings is 1. The number of phenols is 1. The number of rotatable bonds is 4. The van der Waals surface area contributed by atoms with Gasteiger partial charge in [-0.05, 0) is 69.4 Å². The van der Waals surface area contributed by atoms with E-state index in [0.717, 1.165) is 4.90 Å². The Kier molecular flexibility index (Phi) is 7.37. The number of phenolic OH excluding ortho intramolecular Hbond substituents is 1. The van der Waals surface area contributed by atoms with Crippen LogP contribution in [0.1, 0.15) is 46.3 Å². The molecule has 240 valence electrons. The van der Waals surface area contributed by atoms with Crippen molar-refractivity contribution in [2.75, 3.05) is 20.6 Å². The van der Waals surface area contributed by atoms with Gasteiger partial charge in [0.2, 0.25) is 5.78 Å². The topological polar surface area (TPSA) is 165 Å². The van der Waals surface area contributed by atoms with Gasteiger partial charge in [0.1, 0.15) is 28.9 Å². The third-order valence-electron chi connectivity index (χ3n) is 9.21. The Bertz CT molecular complexity index is 1530. The Morgan fingerprint density at radius 2 is 1.77 bits per heavy atom. The smallest absolute Gasteiger partial charge is 0.417 e. The number of aromatic hydroxyl groups is 1. The van der Waals surface area contributed by atoms with Gasteiger partial charge in [-0.1, -0.05) is 0 Å². The number of nitrogens with zero attached hydrogens (tertiary/aromatic N) is 2. The van der Waals surface area contributed by atoms with Gasteiger partial charge in [-0.3, -0.25) is 24.2 Å². The zero-order valence-corrected chi connectivity index (χ0v) is 23.4. The van der Waals surface area contributed by atoms with E-state index in [2.05, 4.69) is 0 Å². The molecule has 1 fully saturated rings. The van der Waals surface area contributed by atoms with Crippen molar-refractivity contribution >= 4 is 17.5 Å². The van der Waals surface area contributed by atoms with Crippen molar-refractivity contribution in [3.8, 4) is 5.75 Å². The van der Waals surface area contributed by atoms with Crippen LogP contribution in [0.4, 0.5) is 26.3 Å². The first kappa shape index (κ1) is 31.8. The number of aliphatic hydroxyl groups is 3. The molecule has 0 bridgehead atoms. The van der Waals surface area contributed by atoms with Gasteiger partial charge in [0.15, 0.2) is 11.4 Å². The molecule has 1 heterocycles. The number of likely N-dealkylation sites (N-methyl/N-ethyl adjacent to an activating group) is 1. The molecule has 4 aliphatic rings. The van der Waals surface area contributed by atoms with Crippen LogP contribution in [0.15, 0.2) is 28.7 Å². The molecule has 0 aromatic heterocycles. The molecule has 5 rings (SSSR count). The number of aliphatic hydroxyl groups excluding tert-OH is 2. The summed E-state index contributed by atoms with van der Waals surface area (Å²) in [7, 11) is 2.79. The van der Waals surface area contributed by atoms with E-state index < -0.39 is 129 Å². The first-order valence-electron chi connectivity index (χ1n) is 13.6. The van der Waals surface area contributed by atoms with Gasteiger partial charge in [0.05, 0.1) is 17.2 Å². The maximum absolute atomic E-state index is 14.7. The molecule has 1 amide bonds. The molecule has 0 saturated carbocycles. The van der Waals surface area contributed by atoms with Crippen LogP contribution in [0.3, 0.4) is 0 Å². The Hall–Kier alpha value is -3.63. The van der Waals surface area contributed by atoms with E-state index in [1.54, 1.807) is 0 Å². The second-order valence-electron chi connectivity index (χ2n) is 11.9. The molecular weight excluding hydrogens is 604 g/mol. The SMILES string of the molecule is CN(C)[C@@H]1C(O)=C(C(N)=O)C(=O)[C@@]2(O)C(O)=C3C(=O)c4c(O)cc(CN5CCC[C@H]5C(F)(F)F)c(C(F)(F)F)c4C[C@H]3C[C@@H]12. The Balaban J connectivity index is 1.68. The van der Waals surface area contributed by atoms with Gasteiger partial charge in [-0.2, -0.15) is 26.3 Å². The first-order valence-corrected chi connectivity index (χ1v) is 13.6. The Morgan fingerprint density at radius 1 is 1.14 bits per heavy atom. The summed E-state index contributed by atoms with van der Waals surface area (Å²) in [4.78, 5) is 41.2. The summed E-state index contributed by atoms with van der Waals surface area (Å²) in [5.41, 5.74) is -3.05. The fourth-order valence-electron chi connectivity index (χ4n) is 7.47. The number of carbonyl (C=O) groups is 3. The molecule has 1 aromatic carbocycles. The molecule has 44 heavy (non-hydrogen) atoms. The van der Waals surface area contributed by atoms with Crippen LogP contribution < -0.4 is 5.73 Å². The molecule has 16 heteroatoms. The molecule has 6 N–H and O–H groups in total. The second-order valence-corrected chi connectivity index (χ2v) is 11.9. The molecule has 1 aromatic rings. The fraction of sp³-hybridized carbons (Fsp3) is 0.536. The number of nitrogens with two attached hydrogens (primary N) is 1. The number of ketones is 2. The molecule has 10 nitrogen and oxygen atoms in total. The van der Waals surface area contributed by atoms with Crippen molar-refractivity contribution in [3.05, 3.63) is 51.0 Å². The number of allylic oxidation sites excluding steroid dienone is 1. The molecule has 3 aliphatic carbocycles. The fourth-order valence-corrected chi connectivity index (χ4v) is 7.47. The number of likely N-dealkylation sites (tertiary alicyclic amines) is 1. The summed E-state index contributed by atoms with van der Waals surface area (Å²) in [6.07, 6.45) is -11.2. The summed E-state index contributed by atoms with van der Waals surface area (Å²) < 4.78 is 84.7. The van der Waals surface area contributed by atoms with Crippen LogP contribution in [0.25, 0.3) is 0 Å². The van der Waals surface area contributed by atoms with Crippen LogP contribution in [0.2, 0.25) is 0 Å². The Labute approximate surface area is 246 Å². The maximum atomic E-state index is 14.7. The number of primary amides is 1. The zero-order chi connectivity index (χ0) is 32.8. The predicted octanol–water partition coefficient (Wildman–Crippen LogP) is 2.67. The van der Waals surface area contributed by atoms with Crippen molar-refractivity contribution in [2.24, 2.45) is 17.6 Å². The standard InChI is InChI=1S/C28H29F6N3O7/c1-36(2)20-13-7-10-6-12-17(21(39)16(10)23(41)26(13,44)24(42)18(22(20)40)25(35)43)14(38)8-11(19(12)28(32,33)34)9-37-5-3-4-15(37)27(29,30)31/h8,10,13,15,20,38,40-41,44H,3-7,9H2,1-2H3,(H2,35,43)/t10-,13-,15-,20-,26-/m0/s1. The normalized spacial score (nSPS) is 29.7. The van der Waals surface area contributed by atoms with Gasteiger partial charge < -0.3 is 26.2 Å². The highest BCUT2D eigenvalue weighted by molar-refractivity contribution is 6.24. The predicted molar refractivity (Wildman–Crippen MR) is 138 cm³/mol. The van der Waals surface area contributed by atoms with Crippen LogP contribution in [0, 0.1) is 11.8 Å². The molecule has 1 aliphatic heterocycles. The minimum atomic E-state index is -5.18. The lowest BCUT2D eigenvalue weighted by Gasteiger charge is -2.50. The van der Waals surface area contributed by atoms with Gasteiger partial charge >= 0.3 is 12.4 Å². The van der Waals surface area contributed by atoms with Crippen molar-refractivity contribution in [1.29, 1.82) is 0 Å². The van der Waals surface area contributed by atoms with E-state index in [1.807, 2.05) is 0 Å². The second kappa shape index (κ2) is 10.2. The average molecular weight is 634 g/mol. The molecule has 0 spiro atoms. The van der Waals surface area contributed by atoms with Gasteiger partial charge in [0, 0.05) is 18.0 Å². The largest absolute Gasteiger partial charge is 0.510 e. The van der Waals surface area contributed by atoms with Crippen molar-refractivity contribution < 1.29 is 61.2 Å². The summed E-state index contributed by atoms with van der Waals surface area (Å²) in [6.45, 7) is -0.965. The van der Waals surface area contributed by atoms with E-state index in [-0.39, 0.29) is 19.4 Å². The lowest BCUT2D eigenvalue weighted by Crippen LogP contribution is -2.63. The lowest BCUT2D eigenvalue weighted by molar-refractivity contribution is -0.177. The third-order valence-corrected chi connectivity index (χ3v) is 9.21. The van der Waals surface area contributed by atoms with Gasteiger partial charge in [0.25, 0.3) is 5.91 Å². The molecule has 0 unspecified atom stereocenters. The minimum absolute atomic E-state index is 0.0886. The first-order chi connectivity index (χ1) is 20.2. The highest BCUT2D eigenvalue weighted by atomic mass is 19.4. The number of hydrogen-bond donors (Lipinski definition) is 5. The van der Waals surface area contributed by atoms with Gasteiger partial charge in [-0.15, -0.1) is 0 Å². The van der Waals surface area contributed by atoms with E-state index >= 15 is 0 Å². The number of hydrogen-bond acceptors (Lipinski definition) is 9. The number of Topliss-reactive ketones (excluding diaryl/α,β-unsaturated/α-hetero) is 2. The van der Waals surface area contributed by atoms with Crippen LogP contribution in [-0.4, -0.2) is 92.2 Å². The quantitative estimate of drug-likeness (QED) is 0.248. The van der Waals surface area contributed by atoms with E-state index in [1.165, 1.54) is 19.0 Å².